The van der Waals surface area contributed by atoms with Crippen molar-refractivity contribution >= 4 is 0 Å². The fourth-order valence-corrected chi connectivity index (χ4v) is 2.02. The summed E-state index contributed by atoms with van der Waals surface area (Å²) in [6.45, 7) is 1.59. The molecule has 2 aromatic rings. The standard InChI is InChI=1S/C14H17N3O/c1-17(9-11-5-3-2-4-6-11)10-13-15-14(16-18-13)12-7-8-12/h2-6,12H,7-10H2,1H3. The second-order valence-corrected chi connectivity index (χ2v) is 4.98. The van der Waals surface area contributed by atoms with Crippen molar-refractivity contribution < 1.29 is 4.52 Å². The van der Waals surface area contributed by atoms with Gasteiger partial charge in [0.1, 0.15) is 0 Å². The molecule has 4 heteroatoms. The van der Waals surface area contributed by atoms with Gasteiger partial charge in [-0.05, 0) is 25.5 Å². The zero-order valence-corrected chi connectivity index (χ0v) is 10.5. The first-order valence-electron chi connectivity index (χ1n) is 6.36. The van der Waals surface area contributed by atoms with Crippen LogP contribution in [0, 0.1) is 0 Å². The molecule has 1 heterocycles. The van der Waals surface area contributed by atoms with E-state index in [1.165, 1.54) is 18.4 Å². The van der Waals surface area contributed by atoms with Gasteiger partial charge in [-0.1, -0.05) is 35.5 Å². The second kappa shape index (κ2) is 4.90. The van der Waals surface area contributed by atoms with Gasteiger partial charge in [-0.2, -0.15) is 4.98 Å². The highest BCUT2D eigenvalue weighted by Gasteiger charge is 2.28. The van der Waals surface area contributed by atoms with Gasteiger partial charge in [0.2, 0.25) is 5.89 Å². The zero-order chi connectivity index (χ0) is 12.4. The lowest BCUT2D eigenvalue weighted by Gasteiger charge is -2.13. The SMILES string of the molecule is CN(Cc1ccccc1)Cc1nc(C2CC2)no1. The van der Waals surface area contributed by atoms with Gasteiger partial charge in [-0.3, -0.25) is 4.90 Å². The van der Waals surface area contributed by atoms with Crippen molar-refractivity contribution in [2.75, 3.05) is 7.05 Å². The first kappa shape index (κ1) is 11.4. The van der Waals surface area contributed by atoms with Crippen molar-refractivity contribution in [1.29, 1.82) is 0 Å². The van der Waals surface area contributed by atoms with E-state index in [1.807, 2.05) is 6.07 Å². The van der Waals surface area contributed by atoms with Crippen LogP contribution in [0.3, 0.4) is 0 Å². The van der Waals surface area contributed by atoms with E-state index < -0.39 is 0 Å². The van der Waals surface area contributed by atoms with Gasteiger partial charge < -0.3 is 4.52 Å². The highest BCUT2D eigenvalue weighted by molar-refractivity contribution is 5.14. The molecule has 1 aliphatic rings. The van der Waals surface area contributed by atoms with Crippen LogP contribution in [0.4, 0.5) is 0 Å². The fourth-order valence-electron chi connectivity index (χ4n) is 2.02. The van der Waals surface area contributed by atoms with Crippen LogP contribution in [0.25, 0.3) is 0 Å². The predicted molar refractivity (Wildman–Crippen MR) is 67.9 cm³/mol. The van der Waals surface area contributed by atoms with E-state index in [-0.39, 0.29) is 0 Å². The molecule has 18 heavy (non-hydrogen) atoms. The lowest BCUT2D eigenvalue weighted by molar-refractivity contribution is 0.260. The summed E-state index contributed by atoms with van der Waals surface area (Å²) in [5.74, 6) is 2.16. The van der Waals surface area contributed by atoms with Gasteiger partial charge in [0.15, 0.2) is 5.82 Å². The predicted octanol–water partition coefficient (Wildman–Crippen LogP) is 2.58. The van der Waals surface area contributed by atoms with Gasteiger partial charge in [0.05, 0.1) is 6.54 Å². The molecule has 3 rings (SSSR count). The van der Waals surface area contributed by atoms with Gasteiger partial charge >= 0.3 is 0 Å². The van der Waals surface area contributed by atoms with E-state index in [0.29, 0.717) is 12.5 Å². The Bertz CT molecular complexity index is 505. The largest absolute Gasteiger partial charge is 0.338 e. The molecule has 1 aromatic carbocycles. The lowest BCUT2D eigenvalue weighted by atomic mass is 10.2. The molecule has 0 spiro atoms. The van der Waals surface area contributed by atoms with Crippen LogP contribution in [0.2, 0.25) is 0 Å². The highest BCUT2D eigenvalue weighted by atomic mass is 16.5. The highest BCUT2D eigenvalue weighted by Crippen LogP contribution is 2.38. The Labute approximate surface area is 107 Å². The molecule has 1 saturated carbocycles. The summed E-state index contributed by atoms with van der Waals surface area (Å²) in [7, 11) is 2.06. The van der Waals surface area contributed by atoms with Crippen molar-refractivity contribution in [3.05, 3.63) is 47.6 Å². The third-order valence-electron chi connectivity index (χ3n) is 3.13. The van der Waals surface area contributed by atoms with E-state index in [9.17, 15) is 0 Å². The number of benzene rings is 1. The number of aromatic nitrogens is 2. The zero-order valence-electron chi connectivity index (χ0n) is 10.5. The summed E-state index contributed by atoms with van der Waals surface area (Å²) in [5.41, 5.74) is 1.29. The van der Waals surface area contributed by atoms with E-state index >= 15 is 0 Å². The van der Waals surface area contributed by atoms with Crippen LogP contribution >= 0.6 is 0 Å². The van der Waals surface area contributed by atoms with Gasteiger partial charge in [-0.15, -0.1) is 0 Å². The molecule has 4 nitrogen and oxygen atoms in total. The quantitative estimate of drug-likeness (QED) is 0.809. The Hall–Kier alpha value is -1.68. The Kier molecular flexibility index (Phi) is 3.11. The van der Waals surface area contributed by atoms with Crippen molar-refractivity contribution in [1.82, 2.24) is 15.0 Å². The van der Waals surface area contributed by atoms with Crippen LogP contribution in [0.15, 0.2) is 34.9 Å². The Balaban J connectivity index is 1.58. The van der Waals surface area contributed by atoms with Crippen molar-refractivity contribution in [3.63, 3.8) is 0 Å². The van der Waals surface area contributed by atoms with Crippen LogP contribution in [0.1, 0.15) is 36.0 Å². The Morgan fingerprint density at radius 1 is 1.22 bits per heavy atom. The van der Waals surface area contributed by atoms with Crippen molar-refractivity contribution in [3.8, 4) is 0 Å². The maximum Gasteiger partial charge on any atom is 0.240 e. The molecule has 0 bridgehead atoms. The molecule has 0 unspecified atom stereocenters. The van der Waals surface area contributed by atoms with Crippen molar-refractivity contribution in [2.24, 2.45) is 0 Å². The number of hydrogen-bond acceptors (Lipinski definition) is 4. The van der Waals surface area contributed by atoms with Crippen LogP contribution in [-0.4, -0.2) is 22.1 Å². The summed E-state index contributed by atoms with van der Waals surface area (Å²) in [5, 5.41) is 4.03. The fraction of sp³-hybridized carbons (Fsp3) is 0.429. The summed E-state index contributed by atoms with van der Waals surface area (Å²) in [6.07, 6.45) is 2.41. The smallest absolute Gasteiger partial charge is 0.240 e. The number of hydrogen-bond donors (Lipinski definition) is 0. The van der Waals surface area contributed by atoms with E-state index in [0.717, 1.165) is 18.3 Å². The van der Waals surface area contributed by atoms with Gasteiger partial charge in [-0.25, -0.2) is 0 Å². The lowest BCUT2D eigenvalue weighted by Crippen LogP contribution is -2.17. The summed E-state index contributed by atoms with van der Waals surface area (Å²) < 4.78 is 5.27. The molecule has 0 N–H and O–H groups in total. The Morgan fingerprint density at radius 2 is 2.00 bits per heavy atom. The topological polar surface area (TPSA) is 42.2 Å². The number of nitrogens with zero attached hydrogens (tertiary/aromatic N) is 3. The van der Waals surface area contributed by atoms with E-state index in [1.54, 1.807) is 0 Å². The average Bonchev–Trinajstić information content (AvgIpc) is 3.12. The summed E-state index contributed by atoms with van der Waals surface area (Å²) in [4.78, 5) is 6.61. The molecule has 0 radical (unpaired) electrons. The molecule has 0 aliphatic heterocycles. The molecule has 1 fully saturated rings. The maximum absolute atomic E-state index is 5.27. The monoisotopic (exact) mass is 243 g/mol. The first-order chi connectivity index (χ1) is 8.81. The summed E-state index contributed by atoms with van der Waals surface area (Å²) >= 11 is 0. The summed E-state index contributed by atoms with van der Waals surface area (Å²) in [6, 6.07) is 10.4. The van der Waals surface area contributed by atoms with Crippen LogP contribution < -0.4 is 0 Å². The minimum absolute atomic E-state index is 0.557. The normalized spacial score (nSPS) is 15.2. The second-order valence-electron chi connectivity index (χ2n) is 4.98. The minimum Gasteiger partial charge on any atom is -0.338 e. The third kappa shape index (κ3) is 2.76. The van der Waals surface area contributed by atoms with Crippen LogP contribution in [-0.2, 0) is 13.1 Å². The average molecular weight is 243 g/mol. The van der Waals surface area contributed by atoms with E-state index in [4.69, 9.17) is 4.52 Å². The van der Waals surface area contributed by atoms with Gasteiger partial charge in [0, 0.05) is 12.5 Å². The molecule has 0 amide bonds. The van der Waals surface area contributed by atoms with E-state index in [2.05, 4.69) is 46.4 Å². The van der Waals surface area contributed by atoms with Crippen molar-refractivity contribution in [2.45, 2.75) is 31.8 Å². The molecule has 1 aromatic heterocycles. The third-order valence-corrected chi connectivity index (χ3v) is 3.13. The molecular weight excluding hydrogens is 226 g/mol. The number of rotatable bonds is 5. The maximum atomic E-state index is 5.27. The Morgan fingerprint density at radius 3 is 2.72 bits per heavy atom. The van der Waals surface area contributed by atoms with Crippen LogP contribution in [0.5, 0.6) is 0 Å². The molecular formula is C14H17N3O. The first-order valence-corrected chi connectivity index (χ1v) is 6.36. The minimum atomic E-state index is 0.557. The molecule has 1 aliphatic carbocycles. The molecule has 0 saturated heterocycles. The van der Waals surface area contributed by atoms with Gasteiger partial charge in [0.25, 0.3) is 0 Å². The molecule has 94 valence electrons. The molecule has 0 atom stereocenters.